The van der Waals surface area contributed by atoms with Gasteiger partial charge < -0.3 is 15.1 Å². The molecule has 3 rings (SSSR count). The molecule has 0 radical (unpaired) electrons. The number of fused-ring (bicyclic) bond motifs is 1. The van der Waals surface area contributed by atoms with Gasteiger partial charge in [-0.15, -0.1) is 0 Å². The summed E-state index contributed by atoms with van der Waals surface area (Å²) in [5.41, 5.74) is 11.7. The maximum atomic E-state index is 6.59. The zero-order chi connectivity index (χ0) is 24.0. The lowest BCUT2D eigenvalue weighted by molar-refractivity contribution is 0.267. The van der Waals surface area contributed by atoms with Crippen molar-refractivity contribution in [3.8, 4) is 0 Å². The van der Waals surface area contributed by atoms with Crippen molar-refractivity contribution in [2.24, 2.45) is 0 Å². The number of rotatable bonds is 6. The molecule has 0 saturated heterocycles. The zero-order valence-corrected chi connectivity index (χ0v) is 23.8. The topological polar surface area (TPSA) is 77.2 Å². The molecule has 0 fully saturated rings. The van der Waals surface area contributed by atoms with Crippen molar-refractivity contribution in [1.29, 1.82) is 0 Å². The normalized spacial score (nSPS) is 16.6. The Balaban J connectivity index is 1.95. The molecule has 2 aromatic heterocycles. The largest absolute Gasteiger partial charge is 0.416 e. The van der Waals surface area contributed by atoms with Crippen LogP contribution < -0.4 is 10.6 Å². The highest BCUT2D eigenvalue weighted by molar-refractivity contribution is 9.10. The predicted molar refractivity (Wildman–Crippen MR) is 139 cm³/mol. The van der Waals surface area contributed by atoms with Gasteiger partial charge in [0.05, 0.1) is 0 Å². The van der Waals surface area contributed by atoms with Gasteiger partial charge >= 0.3 is 0 Å². The number of nitrogen functional groups attached to an aromatic ring is 1. The van der Waals surface area contributed by atoms with Gasteiger partial charge in [0.2, 0.25) is 5.95 Å². The van der Waals surface area contributed by atoms with Gasteiger partial charge in [-0.2, -0.15) is 4.98 Å². The fraction of sp³-hybridized carbons (Fsp3) is 0.609. The summed E-state index contributed by atoms with van der Waals surface area (Å²) in [4.78, 5) is 15.8. The van der Waals surface area contributed by atoms with E-state index in [0.717, 1.165) is 40.2 Å². The van der Waals surface area contributed by atoms with E-state index in [2.05, 4.69) is 85.4 Å². The number of nitrogens with two attached hydrogens (primary N) is 1. The average Bonchev–Trinajstić information content (AvgIpc) is 3.00. The molecule has 2 aromatic rings. The van der Waals surface area contributed by atoms with Gasteiger partial charge in [0, 0.05) is 42.4 Å². The van der Waals surface area contributed by atoms with E-state index in [0.29, 0.717) is 18.3 Å². The Kier molecular flexibility index (Phi) is 7.30. The average molecular weight is 541 g/mol. The Morgan fingerprint density at radius 1 is 1.19 bits per heavy atom. The number of aromatic nitrogens is 3. The third kappa shape index (κ3) is 4.83. The zero-order valence-electron chi connectivity index (χ0n) is 20.4. The Labute approximate surface area is 206 Å². The molecule has 1 unspecified atom stereocenters. The van der Waals surface area contributed by atoms with Gasteiger partial charge in [-0.3, -0.25) is 0 Å². The minimum atomic E-state index is -1.90. The number of aryl methyl sites for hydroxylation is 1. The van der Waals surface area contributed by atoms with E-state index in [1.165, 1.54) is 11.1 Å². The van der Waals surface area contributed by atoms with Crippen LogP contribution in [0.25, 0.3) is 0 Å². The SMILES string of the molecule is CCc1c(C)nc(Br)c(CN2CC(CO[Si](C)(C)C(C)(C)C)c3c(Cl)nc(N)nc32)c1C. The Morgan fingerprint density at radius 2 is 1.84 bits per heavy atom. The molecule has 0 amide bonds. The first-order chi connectivity index (χ1) is 14.8. The summed E-state index contributed by atoms with van der Waals surface area (Å²) in [5.74, 6) is 1.09. The Morgan fingerprint density at radius 3 is 2.44 bits per heavy atom. The van der Waals surface area contributed by atoms with E-state index < -0.39 is 8.32 Å². The monoisotopic (exact) mass is 539 g/mol. The summed E-state index contributed by atoms with van der Waals surface area (Å²) < 4.78 is 7.44. The van der Waals surface area contributed by atoms with E-state index in [1.807, 2.05) is 0 Å². The van der Waals surface area contributed by atoms with Gasteiger partial charge in [0.1, 0.15) is 15.6 Å². The van der Waals surface area contributed by atoms with Gasteiger partial charge in [-0.1, -0.05) is 39.3 Å². The van der Waals surface area contributed by atoms with E-state index >= 15 is 0 Å². The van der Waals surface area contributed by atoms with Crippen LogP contribution >= 0.6 is 27.5 Å². The van der Waals surface area contributed by atoms with Gasteiger partial charge in [0.25, 0.3) is 0 Å². The molecule has 3 heterocycles. The van der Waals surface area contributed by atoms with Crippen molar-refractivity contribution >= 4 is 47.6 Å². The van der Waals surface area contributed by atoms with Crippen LogP contribution in [0.1, 0.15) is 61.6 Å². The molecule has 32 heavy (non-hydrogen) atoms. The lowest BCUT2D eigenvalue weighted by Gasteiger charge is -2.37. The van der Waals surface area contributed by atoms with Gasteiger partial charge in [-0.25, -0.2) is 9.97 Å². The first-order valence-electron chi connectivity index (χ1n) is 11.1. The molecule has 1 atom stereocenters. The van der Waals surface area contributed by atoms with Gasteiger partial charge in [0.15, 0.2) is 8.32 Å². The van der Waals surface area contributed by atoms with E-state index in [-0.39, 0.29) is 16.9 Å². The fourth-order valence-corrected chi connectivity index (χ4v) is 6.13. The minimum absolute atomic E-state index is 0.0929. The molecule has 0 aromatic carbocycles. The number of hydrogen-bond donors (Lipinski definition) is 1. The summed E-state index contributed by atoms with van der Waals surface area (Å²) >= 11 is 10.3. The van der Waals surface area contributed by atoms with Crippen molar-refractivity contribution in [3.63, 3.8) is 0 Å². The highest BCUT2D eigenvalue weighted by Crippen LogP contribution is 2.43. The fourth-order valence-electron chi connectivity index (χ4n) is 4.07. The molecular weight excluding hydrogens is 506 g/mol. The lowest BCUT2D eigenvalue weighted by atomic mass is 10.0. The van der Waals surface area contributed by atoms with Crippen LogP contribution in [0.4, 0.5) is 11.8 Å². The van der Waals surface area contributed by atoms with E-state index in [9.17, 15) is 0 Å². The van der Waals surface area contributed by atoms with Crippen LogP contribution in [-0.2, 0) is 17.4 Å². The van der Waals surface area contributed by atoms with Crippen LogP contribution in [0, 0.1) is 13.8 Å². The highest BCUT2D eigenvalue weighted by atomic mass is 79.9. The summed E-state index contributed by atoms with van der Waals surface area (Å²) in [6.07, 6.45) is 0.950. The molecule has 0 aliphatic carbocycles. The van der Waals surface area contributed by atoms with E-state index in [1.54, 1.807) is 0 Å². The number of hydrogen-bond acceptors (Lipinski definition) is 6. The van der Waals surface area contributed by atoms with Crippen molar-refractivity contribution in [1.82, 2.24) is 15.0 Å². The summed E-state index contributed by atoms with van der Waals surface area (Å²) in [6, 6.07) is 0. The van der Waals surface area contributed by atoms with Crippen LogP contribution in [0.2, 0.25) is 23.3 Å². The van der Waals surface area contributed by atoms with E-state index in [4.69, 9.17) is 26.7 Å². The smallest absolute Gasteiger partial charge is 0.223 e. The summed E-state index contributed by atoms with van der Waals surface area (Å²) in [5, 5.41) is 0.563. The first kappa shape index (κ1) is 25.4. The number of pyridine rings is 1. The highest BCUT2D eigenvalue weighted by Gasteiger charge is 2.40. The number of nitrogens with zero attached hydrogens (tertiary/aromatic N) is 4. The van der Waals surface area contributed by atoms with Gasteiger partial charge in [-0.05, 0) is 65.5 Å². The minimum Gasteiger partial charge on any atom is -0.416 e. The molecule has 176 valence electrons. The molecule has 1 aliphatic rings. The van der Waals surface area contributed by atoms with Crippen molar-refractivity contribution < 1.29 is 4.43 Å². The first-order valence-corrected chi connectivity index (χ1v) is 15.2. The Hall–Kier alpha value is -1.22. The second-order valence-electron chi connectivity index (χ2n) is 10.2. The lowest BCUT2D eigenvalue weighted by Crippen LogP contribution is -2.42. The molecule has 2 N–H and O–H groups in total. The standard InChI is InChI=1S/C23H35BrClN5OSi/c1-9-16-13(2)17(19(24)27-14(16)3)11-30-10-15(12-31-32(7,8)23(4,5)6)18-20(25)28-22(26)29-21(18)30/h15H,9-12H2,1-8H3,(H2,26,28,29). The molecule has 9 heteroatoms. The predicted octanol–water partition coefficient (Wildman–Crippen LogP) is 6.17. The maximum Gasteiger partial charge on any atom is 0.223 e. The maximum absolute atomic E-state index is 6.59. The van der Waals surface area contributed by atoms with Crippen molar-refractivity contribution in [2.45, 2.75) is 78.6 Å². The van der Waals surface area contributed by atoms with Crippen molar-refractivity contribution in [3.05, 3.63) is 37.7 Å². The van der Waals surface area contributed by atoms with Crippen LogP contribution in [0.3, 0.4) is 0 Å². The summed E-state index contributed by atoms with van der Waals surface area (Å²) in [7, 11) is -1.90. The number of anilines is 2. The van der Waals surface area contributed by atoms with Crippen LogP contribution in [-0.4, -0.2) is 36.4 Å². The quantitative estimate of drug-likeness (QED) is 0.268. The molecule has 1 aliphatic heterocycles. The number of halogens is 2. The second-order valence-corrected chi connectivity index (χ2v) is 16.1. The third-order valence-corrected chi connectivity index (χ3v) is 12.5. The molecule has 6 nitrogen and oxygen atoms in total. The van der Waals surface area contributed by atoms with Crippen LogP contribution in [0.15, 0.2) is 4.60 Å². The molecular formula is C23H35BrClN5OSi. The molecule has 0 spiro atoms. The Bertz CT molecular complexity index is 1020. The third-order valence-electron chi connectivity index (χ3n) is 7.06. The molecule has 0 saturated carbocycles. The van der Waals surface area contributed by atoms with Crippen molar-refractivity contribution in [2.75, 3.05) is 23.8 Å². The summed E-state index contributed by atoms with van der Waals surface area (Å²) in [6.45, 7) is 19.7. The van der Waals surface area contributed by atoms with Crippen LogP contribution in [0.5, 0.6) is 0 Å². The molecule has 0 bridgehead atoms. The second kappa shape index (κ2) is 9.20.